The lowest BCUT2D eigenvalue weighted by atomic mass is 9.96. The molecule has 1 aromatic carbocycles. The molecule has 1 aliphatic heterocycles. The molecule has 1 heterocycles. The standard InChI is InChI=1S/C16H22ClFN2O/c1-11(2)20(10-12-6-8-19-9-7-12)16(21)13-4-3-5-14(17)15(13)18/h3-5,11-12,19H,6-10H2,1-2H3. The summed E-state index contributed by atoms with van der Waals surface area (Å²) in [6.07, 6.45) is 2.10. The van der Waals surface area contributed by atoms with Crippen LogP contribution in [0.25, 0.3) is 0 Å². The summed E-state index contributed by atoms with van der Waals surface area (Å²) >= 11 is 5.78. The second-order valence-corrected chi connectivity index (χ2v) is 6.25. The second kappa shape index (κ2) is 7.23. The van der Waals surface area contributed by atoms with Gasteiger partial charge >= 0.3 is 0 Å². The molecule has 0 radical (unpaired) electrons. The first-order valence-corrected chi connectivity index (χ1v) is 7.84. The SMILES string of the molecule is CC(C)N(CC1CCNCC1)C(=O)c1cccc(Cl)c1F. The number of carbonyl (C=O) groups excluding carboxylic acids is 1. The Hall–Kier alpha value is -1.13. The quantitative estimate of drug-likeness (QED) is 0.925. The molecule has 5 heteroatoms. The highest BCUT2D eigenvalue weighted by Crippen LogP contribution is 2.22. The van der Waals surface area contributed by atoms with Crippen LogP contribution in [0.5, 0.6) is 0 Å². The molecule has 3 nitrogen and oxygen atoms in total. The summed E-state index contributed by atoms with van der Waals surface area (Å²) in [5.41, 5.74) is 0.0603. The van der Waals surface area contributed by atoms with Gasteiger partial charge in [0, 0.05) is 12.6 Å². The number of nitrogens with zero attached hydrogens (tertiary/aromatic N) is 1. The van der Waals surface area contributed by atoms with Crippen LogP contribution in [0.2, 0.25) is 5.02 Å². The molecule has 1 N–H and O–H groups in total. The van der Waals surface area contributed by atoms with E-state index in [2.05, 4.69) is 5.32 Å². The fraction of sp³-hybridized carbons (Fsp3) is 0.562. The molecule has 1 fully saturated rings. The summed E-state index contributed by atoms with van der Waals surface area (Å²) in [5, 5.41) is 3.31. The minimum atomic E-state index is -0.625. The Morgan fingerprint density at radius 2 is 2.10 bits per heavy atom. The van der Waals surface area contributed by atoms with Crippen LogP contribution < -0.4 is 5.32 Å². The Bertz CT molecular complexity index is 501. The van der Waals surface area contributed by atoms with Crippen molar-refractivity contribution in [2.45, 2.75) is 32.7 Å². The largest absolute Gasteiger partial charge is 0.336 e. The number of hydrogen-bond donors (Lipinski definition) is 1. The van der Waals surface area contributed by atoms with Gasteiger partial charge in [-0.1, -0.05) is 17.7 Å². The van der Waals surface area contributed by atoms with E-state index in [0.717, 1.165) is 25.9 Å². The topological polar surface area (TPSA) is 32.3 Å². The fourth-order valence-corrected chi connectivity index (χ4v) is 2.87. The number of amides is 1. The highest BCUT2D eigenvalue weighted by atomic mass is 35.5. The predicted octanol–water partition coefficient (Wildman–Crippen LogP) is 3.33. The van der Waals surface area contributed by atoms with Gasteiger partial charge in [-0.3, -0.25) is 4.79 Å². The van der Waals surface area contributed by atoms with Crippen LogP contribution in [0.1, 0.15) is 37.0 Å². The van der Waals surface area contributed by atoms with Crippen LogP contribution >= 0.6 is 11.6 Å². The fourth-order valence-electron chi connectivity index (χ4n) is 2.69. The van der Waals surface area contributed by atoms with Gasteiger partial charge in [0.25, 0.3) is 5.91 Å². The van der Waals surface area contributed by atoms with Crippen molar-refractivity contribution < 1.29 is 9.18 Å². The minimum Gasteiger partial charge on any atom is -0.336 e. The molecular formula is C16H22ClFN2O. The molecule has 0 unspecified atom stereocenters. The lowest BCUT2D eigenvalue weighted by molar-refractivity contribution is 0.0653. The first-order valence-electron chi connectivity index (χ1n) is 7.46. The van der Waals surface area contributed by atoms with Crippen LogP contribution in [0, 0.1) is 11.7 Å². The normalized spacial score (nSPS) is 16.2. The van der Waals surface area contributed by atoms with Crippen molar-refractivity contribution >= 4 is 17.5 Å². The number of benzene rings is 1. The van der Waals surface area contributed by atoms with Gasteiger partial charge in [-0.25, -0.2) is 4.39 Å². The smallest absolute Gasteiger partial charge is 0.257 e. The highest BCUT2D eigenvalue weighted by Gasteiger charge is 2.26. The van der Waals surface area contributed by atoms with Crippen molar-refractivity contribution in [1.29, 1.82) is 0 Å². The van der Waals surface area contributed by atoms with E-state index in [4.69, 9.17) is 11.6 Å². The minimum absolute atomic E-state index is 0.00794. The first kappa shape index (κ1) is 16.2. The Kier molecular flexibility index (Phi) is 5.59. The molecule has 1 aromatic rings. The molecule has 1 aliphatic rings. The Balaban J connectivity index is 2.17. The van der Waals surface area contributed by atoms with Gasteiger partial charge in [0.2, 0.25) is 0 Å². The van der Waals surface area contributed by atoms with E-state index in [-0.39, 0.29) is 22.5 Å². The van der Waals surface area contributed by atoms with Crippen LogP contribution in [0.3, 0.4) is 0 Å². The Morgan fingerprint density at radius 3 is 2.71 bits per heavy atom. The lowest BCUT2D eigenvalue weighted by Crippen LogP contribution is -2.43. The maximum absolute atomic E-state index is 14.1. The average Bonchev–Trinajstić information content (AvgIpc) is 2.48. The summed E-state index contributed by atoms with van der Waals surface area (Å²) in [6, 6.07) is 4.61. The van der Waals surface area contributed by atoms with Gasteiger partial charge in [0.1, 0.15) is 0 Å². The van der Waals surface area contributed by atoms with Crippen LogP contribution in [-0.4, -0.2) is 36.5 Å². The summed E-state index contributed by atoms with van der Waals surface area (Å²) in [5.74, 6) is -0.427. The maximum Gasteiger partial charge on any atom is 0.257 e. The second-order valence-electron chi connectivity index (χ2n) is 5.85. The molecule has 1 amide bonds. The summed E-state index contributed by atoms with van der Waals surface area (Å²) < 4.78 is 14.1. The zero-order chi connectivity index (χ0) is 15.4. The van der Waals surface area contributed by atoms with Crippen LogP contribution in [-0.2, 0) is 0 Å². The number of halogens is 2. The lowest BCUT2D eigenvalue weighted by Gasteiger charge is -2.33. The molecule has 2 rings (SSSR count). The van der Waals surface area contributed by atoms with E-state index in [9.17, 15) is 9.18 Å². The number of piperidine rings is 1. The number of carbonyl (C=O) groups is 1. The monoisotopic (exact) mass is 312 g/mol. The third kappa shape index (κ3) is 3.95. The summed E-state index contributed by atoms with van der Waals surface area (Å²) in [4.78, 5) is 14.4. The van der Waals surface area contributed by atoms with Gasteiger partial charge < -0.3 is 10.2 Å². The molecule has 0 saturated carbocycles. The molecule has 0 aromatic heterocycles. The van der Waals surface area contributed by atoms with Gasteiger partial charge in [-0.2, -0.15) is 0 Å². The molecule has 21 heavy (non-hydrogen) atoms. The van der Waals surface area contributed by atoms with Crippen LogP contribution in [0.15, 0.2) is 18.2 Å². The van der Waals surface area contributed by atoms with Crippen molar-refractivity contribution in [1.82, 2.24) is 10.2 Å². The van der Waals surface area contributed by atoms with Crippen molar-refractivity contribution in [3.63, 3.8) is 0 Å². The summed E-state index contributed by atoms with van der Waals surface area (Å²) in [6.45, 7) is 6.56. The average molecular weight is 313 g/mol. The Labute approximate surface area is 130 Å². The zero-order valence-electron chi connectivity index (χ0n) is 12.5. The van der Waals surface area contributed by atoms with Gasteiger partial charge in [0.15, 0.2) is 5.82 Å². The van der Waals surface area contributed by atoms with Gasteiger partial charge in [-0.05, 0) is 57.8 Å². The number of nitrogens with one attached hydrogen (secondary N) is 1. The van der Waals surface area contributed by atoms with E-state index in [1.165, 1.54) is 12.1 Å². The molecular weight excluding hydrogens is 291 g/mol. The highest BCUT2D eigenvalue weighted by molar-refractivity contribution is 6.31. The van der Waals surface area contributed by atoms with Gasteiger partial charge in [-0.15, -0.1) is 0 Å². The van der Waals surface area contributed by atoms with Crippen molar-refractivity contribution in [3.05, 3.63) is 34.6 Å². The van der Waals surface area contributed by atoms with E-state index in [1.54, 1.807) is 11.0 Å². The van der Waals surface area contributed by atoms with Crippen molar-refractivity contribution in [2.75, 3.05) is 19.6 Å². The Morgan fingerprint density at radius 1 is 1.43 bits per heavy atom. The van der Waals surface area contributed by atoms with E-state index >= 15 is 0 Å². The predicted molar refractivity (Wildman–Crippen MR) is 83.2 cm³/mol. The maximum atomic E-state index is 14.1. The van der Waals surface area contributed by atoms with Gasteiger partial charge in [0.05, 0.1) is 10.6 Å². The van der Waals surface area contributed by atoms with Crippen LogP contribution in [0.4, 0.5) is 4.39 Å². The van der Waals surface area contributed by atoms with E-state index in [1.807, 2.05) is 13.8 Å². The zero-order valence-corrected chi connectivity index (χ0v) is 13.3. The summed E-state index contributed by atoms with van der Waals surface area (Å²) in [7, 11) is 0. The van der Waals surface area contributed by atoms with Crippen molar-refractivity contribution in [3.8, 4) is 0 Å². The van der Waals surface area contributed by atoms with Crippen molar-refractivity contribution in [2.24, 2.45) is 5.92 Å². The molecule has 0 spiro atoms. The third-order valence-electron chi connectivity index (χ3n) is 3.98. The molecule has 116 valence electrons. The van der Waals surface area contributed by atoms with E-state index in [0.29, 0.717) is 12.5 Å². The first-order chi connectivity index (χ1) is 10.0. The number of hydrogen-bond acceptors (Lipinski definition) is 2. The molecule has 0 aliphatic carbocycles. The molecule has 0 bridgehead atoms. The molecule has 0 atom stereocenters. The van der Waals surface area contributed by atoms with E-state index < -0.39 is 5.82 Å². The molecule has 1 saturated heterocycles. The number of rotatable bonds is 4. The third-order valence-corrected chi connectivity index (χ3v) is 4.27.